The van der Waals surface area contributed by atoms with E-state index in [4.69, 9.17) is 11.6 Å². The number of hydrogen-bond donors (Lipinski definition) is 1. The van der Waals surface area contributed by atoms with E-state index in [0.29, 0.717) is 11.7 Å². The minimum absolute atomic E-state index is 0.247. The topological polar surface area (TPSA) is 50.7 Å². The smallest absolute Gasteiger partial charge is 0.137 e. The third-order valence-corrected chi connectivity index (χ3v) is 3.17. The number of halogens is 1. The SMILES string of the molecule is Cc1c(Cl)nc(C(C)C)nc1NCc1cccnc1. The Bertz CT molecular complexity index is 555. The van der Waals surface area contributed by atoms with Crippen molar-refractivity contribution in [2.24, 2.45) is 0 Å². The zero-order valence-electron chi connectivity index (χ0n) is 11.3. The summed E-state index contributed by atoms with van der Waals surface area (Å²) in [6, 6.07) is 3.93. The van der Waals surface area contributed by atoms with Crippen molar-refractivity contribution < 1.29 is 0 Å². The number of rotatable bonds is 4. The highest BCUT2D eigenvalue weighted by Crippen LogP contribution is 2.23. The third-order valence-electron chi connectivity index (χ3n) is 2.80. The Morgan fingerprint density at radius 3 is 2.74 bits per heavy atom. The van der Waals surface area contributed by atoms with Gasteiger partial charge < -0.3 is 5.32 Å². The van der Waals surface area contributed by atoms with Gasteiger partial charge in [0.1, 0.15) is 16.8 Å². The van der Waals surface area contributed by atoms with Crippen molar-refractivity contribution in [3.63, 3.8) is 0 Å². The minimum Gasteiger partial charge on any atom is -0.366 e. The van der Waals surface area contributed by atoms with Gasteiger partial charge in [0, 0.05) is 30.4 Å². The Balaban J connectivity index is 2.20. The molecule has 4 nitrogen and oxygen atoms in total. The molecule has 0 fully saturated rings. The second-order valence-corrected chi connectivity index (χ2v) is 5.07. The van der Waals surface area contributed by atoms with Crippen LogP contribution in [0.25, 0.3) is 0 Å². The van der Waals surface area contributed by atoms with Crippen LogP contribution in [0.5, 0.6) is 0 Å². The molecule has 19 heavy (non-hydrogen) atoms. The summed E-state index contributed by atoms with van der Waals surface area (Å²) in [5.74, 6) is 1.79. The van der Waals surface area contributed by atoms with Crippen LogP contribution in [0.4, 0.5) is 5.82 Å². The first-order valence-corrected chi connectivity index (χ1v) is 6.62. The third kappa shape index (κ3) is 3.41. The predicted molar refractivity (Wildman–Crippen MR) is 77.4 cm³/mol. The number of aromatic nitrogens is 3. The lowest BCUT2D eigenvalue weighted by Gasteiger charge is -2.12. The zero-order chi connectivity index (χ0) is 13.8. The van der Waals surface area contributed by atoms with Crippen LogP contribution in [-0.2, 0) is 6.54 Å². The van der Waals surface area contributed by atoms with E-state index in [1.807, 2.05) is 39.1 Å². The van der Waals surface area contributed by atoms with Gasteiger partial charge >= 0.3 is 0 Å². The number of hydrogen-bond acceptors (Lipinski definition) is 4. The van der Waals surface area contributed by atoms with Crippen LogP contribution in [0.15, 0.2) is 24.5 Å². The molecule has 0 amide bonds. The fourth-order valence-electron chi connectivity index (χ4n) is 1.62. The molecule has 2 aromatic rings. The quantitative estimate of drug-likeness (QED) is 0.868. The summed E-state index contributed by atoms with van der Waals surface area (Å²) in [6.07, 6.45) is 3.58. The van der Waals surface area contributed by atoms with E-state index in [2.05, 4.69) is 20.3 Å². The number of nitrogens with zero attached hydrogens (tertiary/aromatic N) is 3. The van der Waals surface area contributed by atoms with E-state index in [1.165, 1.54) is 0 Å². The lowest BCUT2D eigenvalue weighted by atomic mass is 10.2. The number of pyridine rings is 1. The molecule has 0 aromatic carbocycles. The molecular formula is C14H17ClN4. The average Bonchev–Trinajstić information content (AvgIpc) is 2.41. The molecule has 2 rings (SSSR count). The molecule has 2 aromatic heterocycles. The maximum absolute atomic E-state index is 6.14. The summed E-state index contributed by atoms with van der Waals surface area (Å²) in [7, 11) is 0. The van der Waals surface area contributed by atoms with Crippen LogP contribution < -0.4 is 5.32 Å². The van der Waals surface area contributed by atoms with Crippen LogP contribution in [0.3, 0.4) is 0 Å². The Morgan fingerprint density at radius 2 is 2.11 bits per heavy atom. The molecule has 0 aliphatic heterocycles. The first kappa shape index (κ1) is 13.7. The van der Waals surface area contributed by atoms with E-state index in [0.717, 1.165) is 22.8 Å². The van der Waals surface area contributed by atoms with Crippen LogP contribution in [0.1, 0.15) is 36.7 Å². The van der Waals surface area contributed by atoms with Gasteiger partial charge in [-0.1, -0.05) is 31.5 Å². The largest absolute Gasteiger partial charge is 0.366 e. The van der Waals surface area contributed by atoms with Gasteiger partial charge in [-0.05, 0) is 18.6 Å². The van der Waals surface area contributed by atoms with Crippen LogP contribution in [-0.4, -0.2) is 15.0 Å². The van der Waals surface area contributed by atoms with E-state index >= 15 is 0 Å². The molecule has 0 atom stereocenters. The van der Waals surface area contributed by atoms with Crippen molar-refractivity contribution in [2.75, 3.05) is 5.32 Å². The second-order valence-electron chi connectivity index (χ2n) is 4.72. The monoisotopic (exact) mass is 276 g/mol. The summed E-state index contributed by atoms with van der Waals surface area (Å²) in [5, 5.41) is 3.80. The lowest BCUT2D eigenvalue weighted by Crippen LogP contribution is -2.08. The standard InChI is InChI=1S/C14H17ClN4/c1-9(2)13-18-12(15)10(3)14(19-13)17-8-11-5-4-6-16-7-11/h4-7,9H,8H2,1-3H3,(H,17,18,19). The molecule has 2 heterocycles. The van der Waals surface area contributed by atoms with Crippen molar-refractivity contribution in [3.8, 4) is 0 Å². The second kappa shape index (κ2) is 5.97. The van der Waals surface area contributed by atoms with Gasteiger partial charge in [0.05, 0.1) is 0 Å². The summed E-state index contributed by atoms with van der Waals surface area (Å²) in [4.78, 5) is 12.9. The molecular weight excluding hydrogens is 260 g/mol. The molecule has 5 heteroatoms. The molecule has 100 valence electrons. The van der Waals surface area contributed by atoms with Crippen molar-refractivity contribution in [1.82, 2.24) is 15.0 Å². The van der Waals surface area contributed by atoms with Crippen LogP contribution in [0.2, 0.25) is 5.15 Å². The van der Waals surface area contributed by atoms with Gasteiger partial charge in [-0.25, -0.2) is 9.97 Å². The summed E-state index contributed by atoms with van der Waals surface area (Å²) in [6.45, 7) is 6.68. The first-order valence-electron chi connectivity index (χ1n) is 6.24. The summed E-state index contributed by atoms with van der Waals surface area (Å²) in [5.41, 5.74) is 1.97. The van der Waals surface area contributed by atoms with E-state index < -0.39 is 0 Å². The average molecular weight is 277 g/mol. The molecule has 0 saturated heterocycles. The van der Waals surface area contributed by atoms with Gasteiger partial charge in [0.15, 0.2) is 0 Å². The maximum atomic E-state index is 6.14. The minimum atomic E-state index is 0.247. The molecule has 1 N–H and O–H groups in total. The molecule has 0 spiro atoms. The van der Waals surface area contributed by atoms with E-state index in [9.17, 15) is 0 Å². The van der Waals surface area contributed by atoms with Gasteiger partial charge in [0.2, 0.25) is 0 Å². The fourth-order valence-corrected chi connectivity index (χ4v) is 1.80. The summed E-state index contributed by atoms with van der Waals surface area (Å²) < 4.78 is 0. The Labute approximate surface area is 118 Å². The molecule has 0 unspecified atom stereocenters. The Kier molecular flexibility index (Phi) is 4.32. The van der Waals surface area contributed by atoms with Gasteiger partial charge in [-0.3, -0.25) is 4.98 Å². The highest BCUT2D eigenvalue weighted by atomic mass is 35.5. The van der Waals surface area contributed by atoms with Crippen molar-refractivity contribution in [1.29, 1.82) is 0 Å². The highest BCUT2D eigenvalue weighted by molar-refractivity contribution is 6.30. The van der Waals surface area contributed by atoms with Gasteiger partial charge in [0.25, 0.3) is 0 Å². The van der Waals surface area contributed by atoms with E-state index in [1.54, 1.807) is 6.20 Å². The molecule has 0 aliphatic rings. The molecule has 0 saturated carbocycles. The molecule has 0 radical (unpaired) electrons. The Morgan fingerprint density at radius 1 is 1.32 bits per heavy atom. The lowest BCUT2D eigenvalue weighted by molar-refractivity contribution is 0.771. The first-order chi connectivity index (χ1) is 9.08. The zero-order valence-corrected chi connectivity index (χ0v) is 12.1. The van der Waals surface area contributed by atoms with Crippen molar-refractivity contribution >= 4 is 17.4 Å². The number of nitrogens with one attached hydrogen (secondary N) is 1. The summed E-state index contributed by atoms with van der Waals surface area (Å²) >= 11 is 6.14. The van der Waals surface area contributed by atoms with Gasteiger partial charge in [-0.2, -0.15) is 0 Å². The normalized spacial score (nSPS) is 10.8. The highest BCUT2D eigenvalue weighted by Gasteiger charge is 2.11. The molecule has 0 aliphatic carbocycles. The van der Waals surface area contributed by atoms with Crippen LogP contribution in [0, 0.1) is 6.92 Å². The predicted octanol–water partition coefficient (Wildman–Crippen LogP) is 3.57. The maximum Gasteiger partial charge on any atom is 0.137 e. The molecule has 0 bridgehead atoms. The van der Waals surface area contributed by atoms with Crippen molar-refractivity contribution in [3.05, 3.63) is 46.6 Å². The number of anilines is 1. The van der Waals surface area contributed by atoms with E-state index in [-0.39, 0.29) is 5.92 Å². The Hall–Kier alpha value is -1.68. The van der Waals surface area contributed by atoms with Crippen molar-refractivity contribution in [2.45, 2.75) is 33.2 Å². The fraction of sp³-hybridized carbons (Fsp3) is 0.357. The van der Waals surface area contributed by atoms with Crippen LogP contribution >= 0.6 is 11.6 Å². The van der Waals surface area contributed by atoms with Gasteiger partial charge in [-0.15, -0.1) is 0 Å².